The summed E-state index contributed by atoms with van der Waals surface area (Å²) in [6.07, 6.45) is 0.878. The fourth-order valence-electron chi connectivity index (χ4n) is 2.09. The molecule has 3 N–H and O–H groups in total. The second-order valence-electron chi connectivity index (χ2n) is 4.43. The number of nitrogens with one attached hydrogen (secondary N) is 2. The SMILES string of the molecule is CCc1ccc2[nH]c(C(=O)O)c(CNC(C)=O)c2c1. The van der Waals surface area contributed by atoms with Gasteiger partial charge in [0.15, 0.2) is 0 Å². The molecule has 0 radical (unpaired) electrons. The zero-order valence-electron chi connectivity index (χ0n) is 10.9. The molecule has 0 aliphatic rings. The number of carbonyl (C=O) groups excluding carboxylic acids is 1. The van der Waals surface area contributed by atoms with Crippen molar-refractivity contribution in [1.29, 1.82) is 0 Å². The molecule has 19 heavy (non-hydrogen) atoms. The van der Waals surface area contributed by atoms with Gasteiger partial charge in [0.05, 0.1) is 0 Å². The maximum Gasteiger partial charge on any atom is 0.352 e. The van der Waals surface area contributed by atoms with E-state index in [0.717, 1.165) is 22.9 Å². The fraction of sp³-hybridized carbons (Fsp3) is 0.286. The summed E-state index contributed by atoms with van der Waals surface area (Å²) in [7, 11) is 0. The summed E-state index contributed by atoms with van der Waals surface area (Å²) in [4.78, 5) is 25.1. The number of aromatic carboxylic acids is 1. The number of fused-ring (bicyclic) bond motifs is 1. The van der Waals surface area contributed by atoms with Crippen molar-refractivity contribution in [2.45, 2.75) is 26.8 Å². The summed E-state index contributed by atoms with van der Waals surface area (Å²) in [5.74, 6) is -1.20. The molecule has 1 aromatic heterocycles. The Morgan fingerprint density at radius 1 is 1.37 bits per heavy atom. The van der Waals surface area contributed by atoms with Gasteiger partial charge in [-0.3, -0.25) is 4.79 Å². The number of carboxylic acid groups (broad SMARTS) is 1. The normalized spacial score (nSPS) is 10.6. The number of H-pyrrole nitrogens is 1. The van der Waals surface area contributed by atoms with Gasteiger partial charge in [0.25, 0.3) is 0 Å². The molecule has 100 valence electrons. The van der Waals surface area contributed by atoms with Crippen LogP contribution in [-0.2, 0) is 17.8 Å². The zero-order chi connectivity index (χ0) is 14.0. The summed E-state index contributed by atoms with van der Waals surface area (Å²) in [6.45, 7) is 3.66. The molecule has 0 bridgehead atoms. The number of benzene rings is 1. The molecule has 0 spiro atoms. The summed E-state index contributed by atoms with van der Waals surface area (Å²) >= 11 is 0. The van der Waals surface area contributed by atoms with Crippen molar-refractivity contribution >= 4 is 22.8 Å². The van der Waals surface area contributed by atoms with E-state index < -0.39 is 5.97 Å². The van der Waals surface area contributed by atoms with Gasteiger partial charge in [-0.1, -0.05) is 13.0 Å². The first-order chi connectivity index (χ1) is 9.02. The topological polar surface area (TPSA) is 82.2 Å². The highest BCUT2D eigenvalue weighted by Gasteiger charge is 2.17. The molecular formula is C14H16N2O3. The summed E-state index contributed by atoms with van der Waals surface area (Å²) in [5.41, 5.74) is 2.66. The van der Waals surface area contributed by atoms with Gasteiger partial charge in [-0.05, 0) is 24.1 Å². The maximum atomic E-state index is 11.2. The van der Waals surface area contributed by atoms with Gasteiger partial charge in [-0.25, -0.2) is 4.79 Å². The Morgan fingerprint density at radius 3 is 2.68 bits per heavy atom. The van der Waals surface area contributed by atoms with E-state index >= 15 is 0 Å². The number of hydrogen-bond acceptors (Lipinski definition) is 2. The second kappa shape index (κ2) is 5.14. The van der Waals surface area contributed by atoms with Gasteiger partial charge in [-0.2, -0.15) is 0 Å². The van der Waals surface area contributed by atoms with Crippen molar-refractivity contribution < 1.29 is 14.7 Å². The molecule has 2 aromatic rings. The molecule has 5 nitrogen and oxygen atoms in total. The Hall–Kier alpha value is -2.30. The number of aromatic nitrogens is 1. The average molecular weight is 260 g/mol. The molecule has 0 saturated heterocycles. The van der Waals surface area contributed by atoms with Crippen molar-refractivity contribution in [3.63, 3.8) is 0 Å². The largest absolute Gasteiger partial charge is 0.477 e. The number of rotatable bonds is 4. The first kappa shape index (κ1) is 13.1. The van der Waals surface area contributed by atoms with Crippen molar-refractivity contribution in [2.75, 3.05) is 0 Å². The molecule has 0 aliphatic heterocycles. The molecule has 1 aromatic carbocycles. The molecule has 1 heterocycles. The summed E-state index contributed by atoms with van der Waals surface area (Å²) in [5, 5.41) is 12.7. The predicted molar refractivity (Wildman–Crippen MR) is 72.2 cm³/mol. The molecular weight excluding hydrogens is 244 g/mol. The van der Waals surface area contributed by atoms with Crippen LogP contribution < -0.4 is 5.32 Å². The van der Waals surface area contributed by atoms with E-state index in [-0.39, 0.29) is 18.1 Å². The van der Waals surface area contributed by atoms with Crippen LogP contribution >= 0.6 is 0 Å². The molecule has 5 heteroatoms. The van der Waals surface area contributed by atoms with Crippen LogP contribution in [-0.4, -0.2) is 22.0 Å². The summed E-state index contributed by atoms with van der Waals surface area (Å²) in [6, 6.07) is 5.81. The van der Waals surface area contributed by atoms with Crippen molar-refractivity contribution in [2.24, 2.45) is 0 Å². The number of amides is 1. The Bertz CT molecular complexity index is 643. The minimum Gasteiger partial charge on any atom is -0.477 e. The molecule has 0 aliphatic carbocycles. The molecule has 1 amide bonds. The highest BCUT2D eigenvalue weighted by atomic mass is 16.4. The van der Waals surface area contributed by atoms with E-state index in [0.29, 0.717) is 5.56 Å². The monoisotopic (exact) mass is 260 g/mol. The third-order valence-corrected chi connectivity index (χ3v) is 3.11. The van der Waals surface area contributed by atoms with Crippen molar-refractivity contribution in [3.8, 4) is 0 Å². The van der Waals surface area contributed by atoms with Gasteiger partial charge in [0.1, 0.15) is 5.69 Å². The molecule has 2 rings (SSSR count). The van der Waals surface area contributed by atoms with Gasteiger partial charge in [0, 0.05) is 29.9 Å². The number of aromatic amines is 1. The average Bonchev–Trinajstić information content (AvgIpc) is 2.74. The van der Waals surface area contributed by atoms with E-state index in [1.165, 1.54) is 6.92 Å². The quantitative estimate of drug-likeness (QED) is 0.787. The van der Waals surface area contributed by atoms with Crippen LogP contribution in [0.5, 0.6) is 0 Å². The molecule has 0 atom stereocenters. The standard InChI is InChI=1S/C14H16N2O3/c1-3-9-4-5-12-10(6-9)11(7-15-8(2)17)13(16-12)14(18)19/h4-6,16H,3,7H2,1-2H3,(H,15,17)(H,18,19). The highest BCUT2D eigenvalue weighted by molar-refractivity contribution is 5.97. The van der Waals surface area contributed by atoms with Gasteiger partial charge < -0.3 is 15.4 Å². The van der Waals surface area contributed by atoms with Crippen LogP contribution in [0.3, 0.4) is 0 Å². The first-order valence-electron chi connectivity index (χ1n) is 6.14. The number of carbonyl (C=O) groups is 2. The van der Waals surface area contributed by atoms with Crippen molar-refractivity contribution in [3.05, 3.63) is 35.0 Å². The number of aryl methyl sites for hydroxylation is 1. The Kier molecular flexibility index (Phi) is 3.55. The molecule has 0 unspecified atom stereocenters. The van der Waals surface area contributed by atoms with E-state index in [4.69, 9.17) is 0 Å². The van der Waals surface area contributed by atoms with Crippen molar-refractivity contribution in [1.82, 2.24) is 10.3 Å². The van der Waals surface area contributed by atoms with E-state index in [2.05, 4.69) is 10.3 Å². The maximum absolute atomic E-state index is 11.2. The second-order valence-corrected chi connectivity index (χ2v) is 4.43. The summed E-state index contributed by atoms with van der Waals surface area (Å²) < 4.78 is 0. The minimum absolute atomic E-state index is 0.136. The van der Waals surface area contributed by atoms with E-state index in [1.54, 1.807) is 0 Å². The van der Waals surface area contributed by atoms with E-state index in [9.17, 15) is 14.7 Å². The fourth-order valence-corrected chi connectivity index (χ4v) is 2.09. The van der Waals surface area contributed by atoms with Gasteiger partial charge >= 0.3 is 5.97 Å². The lowest BCUT2D eigenvalue weighted by atomic mass is 10.1. The highest BCUT2D eigenvalue weighted by Crippen LogP contribution is 2.24. The predicted octanol–water partition coefficient (Wildman–Crippen LogP) is 2.06. The smallest absolute Gasteiger partial charge is 0.352 e. The van der Waals surface area contributed by atoms with Crippen LogP contribution in [0.15, 0.2) is 18.2 Å². The first-order valence-corrected chi connectivity index (χ1v) is 6.14. The lowest BCUT2D eigenvalue weighted by Gasteiger charge is -2.03. The molecule has 0 saturated carbocycles. The van der Waals surface area contributed by atoms with Crippen LogP contribution in [0.4, 0.5) is 0 Å². The Morgan fingerprint density at radius 2 is 2.11 bits per heavy atom. The lowest BCUT2D eigenvalue weighted by molar-refractivity contribution is -0.119. The third-order valence-electron chi connectivity index (χ3n) is 3.11. The Balaban J connectivity index is 2.56. The molecule has 0 fully saturated rings. The lowest BCUT2D eigenvalue weighted by Crippen LogP contribution is -2.20. The van der Waals surface area contributed by atoms with Crippen LogP contribution in [0, 0.1) is 0 Å². The van der Waals surface area contributed by atoms with E-state index in [1.807, 2.05) is 25.1 Å². The third kappa shape index (κ3) is 2.59. The van der Waals surface area contributed by atoms with Crippen LogP contribution in [0.2, 0.25) is 0 Å². The minimum atomic E-state index is -1.02. The zero-order valence-corrected chi connectivity index (χ0v) is 10.9. The van der Waals surface area contributed by atoms with Crippen LogP contribution in [0.1, 0.15) is 35.5 Å². The van der Waals surface area contributed by atoms with Gasteiger partial charge in [-0.15, -0.1) is 0 Å². The Labute approximate surface area is 110 Å². The van der Waals surface area contributed by atoms with Crippen LogP contribution in [0.25, 0.3) is 10.9 Å². The number of hydrogen-bond donors (Lipinski definition) is 3. The van der Waals surface area contributed by atoms with Gasteiger partial charge in [0.2, 0.25) is 5.91 Å². The number of carboxylic acids is 1.